The Morgan fingerprint density at radius 3 is 2.81 bits per heavy atom. The van der Waals surface area contributed by atoms with Crippen LogP contribution in [0.2, 0.25) is 0 Å². The highest BCUT2D eigenvalue weighted by molar-refractivity contribution is 5.87. The summed E-state index contributed by atoms with van der Waals surface area (Å²) in [5, 5.41) is 0. The fourth-order valence-electron chi connectivity index (χ4n) is 2.66. The number of rotatable bonds is 1. The highest BCUT2D eigenvalue weighted by atomic mass is 19.1. The molecule has 86 valence electrons. The van der Waals surface area contributed by atoms with E-state index in [1.807, 2.05) is 6.92 Å². The highest BCUT2D eigenvalue weighted by Crippen LogP contribution is 2.36. The zero-order chi connectivity index (χ0) is 11.7. The molecule has 0 saturated heterocycles. The maximum Gasteiger partial charge on any atom is 0.140 e. The van der Waals surface area contributed by atoms with Crippen LogP contribution >= 0.6 is 0 Å². The third kappa shape index (κ3) is 2.01. The Balaban J connectivity index is 2.41. The molecule has 0 N–H and O–H groups in total. The van der Waals surface area contributed by atoms with Crippen molar-refractivity contribution in [3.8, 4) is 0 Å². The Kier molecular flexibility index (Phi) is 3.08. The third-order valence-electron chi connectivity index (χ3n) is 3.57. The van der Waals surface area contributed by atoms with Gasteiger partial charge in [0, 0.05) is 12.3 Å². The SMILES string of the molecule is Cc1ccc(F)cc1C1C(=O)CCCC1C. The van der Waals surface area contributed by atoms with Crippen molar-refractivity contribution in [3.05, 3.63) is 35.1 Å². The quantitative estimate of drug-likeness (QED) is 0.706. The predicted octanol–water partition coefficient (Wildman–Crippen LogP) is 3.61. The molecule has 1 saturated carbocycles. The smallest absolute Gasteiger partial charge is 0.140 e. The molecule has 2 unspecified atom stereocenters. The number of halogens is 1. The van der Waals surface area contributed by atoms with Crippen LogP contribution in [0.3, 0.4) is 0 Å². The van der Waals surface area contributed by atoms with Crippen LogP contribution in [0.5, 0.6) is 0 Å². The average Bonchev–Trinajstić information content (AvgIpc) is 2.23. The molecular formula is C14H17FO. The Bertz CT molecular complexity index is 411. The summed E-state index contributed by atoms with van der Waals surface area (Å²) in [7, 11) is 0. The molecule has 2 atom stereocenters. The minimum Gasteiger partial charge on any atom is -0.299 e. The molecule has 0 aromatic heterocycles. The van der Waals surface area contributed by atoms with Crippen molar-refractivity contribution in [2.75, 3.05) is 0 Å². The predicted molar refractivity (Wildman–Crippen MR) is 61.9 cm³/mol. The number of benzene rings is 1. The van der Waals surface area contributed by atoms with Gasteiger partial charge in [-0.2, -0.15) is 0 Å². The first kappa shape index (κ1) is 11.3. The summed E-state index contributed by atoms with van der Waals surface area (Å²) in [5.74, 6) is 0.268. The highest BCUT2D eigenvalue weighted by Gasteiger charge is 2.31. The molecule has 1 fully saturated rings. The summed E-state index contributed by atoms with van der Waals surface area (Å²) >= 11 is 0. The number of Topliss-reactive ketones (excluding diaryl/α,β-unsaturated/α-hetero) is 1. The van der Waals surface area contributed by atoms with Gasteiger partial charge in [0.25, 0.3) is 0 Å². The van der Waals surface area contributed by atoms with Gasteiger partial charge in [-0.3, -0.25) is 4.79 Å². The summed E-state index contributed by atoms with van der Waals surface area (Å²) in [6.07, 6.45) is 2.68. The van der Waals surface area contributed by atoms with Gasteiger partial charge in [-0.25, -0.2) is 4.39 Å². The van der Waals surface area contributed by atoms with Gasteiger partial charge in [-0.15, -0.1) is 0 Å². The van der Waals surface area contributed by atoms with E-state index in [-0.39, 0.29) is 17.5 Å². The van der Waals surface area contributed by atoms with Crippen molar-refractivity contribution < 1.29 is 9.18 Å². The molecule has 16 heavy (non-hydrogen) atoms. The second kappa shape index (κ2) is 4.36. The van der Waals surface area contributed by atoms with Crippen LogP contribution in [0.1, 0.15) is 43.2 Å². The van der Waals surface area contributed by atoms with Gasteiger partial charge in [0.1, 0.15) is 11.6 Å². The number of carbonyl (C=O) groups excluding carboxylic acids is 1. The molecule has 1 aliphatic carbocycles. The Morgan fingerprint density at radius 2 is 2.12 bits per heavy atom. The number of ketones is 1. The van der Waals surface area contributed by atoms with Crippen LogP contribution in [0, 0.1) is 18.7 Å². The first-order valence-electron chi connectivity index (χ1n) is 5.88. The summed E-state index contributed by atoms with van der Waals surface area (Å²) < 4.78 is 13.2. The zero-order valence-electron chi connectivity index (χ0n) is 9.79. The van der Waals surface area contributed by atoms with Crippen LogP contribution in [0.4, 0.5) is 4.39 Å². The van der Waals surface area contributed by atoms with Crippen LogP contribution in [0.25, 0.3) is 0 Å². The van der Waals surface area contributed by atoms with Gasteiger partial charge in [-0.1, -0.05) is 13.0 Å². The molecule has 1 aromatic rings. The summed E-state index contributed by atoms with van der Waals surface area (Å²) in [5.41, 5.74) is 1.91. The number of aryl methyl sites for hydroxylation is 1. The van der Waals surface area contributed by atoms with Crippen molar-refractivity contribution in [2.45, 2.75) is 39.0 Å². The Morgan fingerprint density at radius 1 is 1.38 bits per heavy atom. The lowest BCUT2D eigenvalue weighted by atomic mass is 9.74. The molecule has 1 aromatic carbocycles. The van der Waals surface area contributed by atoms with E-state index in [2.05, 4.69) is 6.92 Å². The van der Waals surface area contributed by atoms with Crippen molar-refractivity contribution in [3.63, 3.8) is 0 Å². The van der Waals surface area contributed by atoms with Crippen molar-refractivity contribution in [1.82, 2.24) is 0 Å². The number of hydrogen-bond donors (Lipinski definition) is 0. The molecule has 2 heteroatoms. The molecule has 1 aliphatic rings. The lowest BCUT2D eigenvalue weighted by Gasteiger charge is -2.28. The molecule has 0 bridgehead atoms. The molecule has 0 spiro atoms. The zero-order valence-corrected chi connectivity index (χ0v) is 9.79. The van der Waals surface area contributed by atoms with Crippen LogP contribution < -0.4 is 0 Å². The second-order valence-electron chi connectivity index (χ2n) is 4.81. The fraction of sp³-hybridized carbons (Fsp3) is 0.500. The Labute approximate surface area is 95.7 Å². The van der Waals surface area contributed by atoms with Gasteiger partial charge < -0.3 is 0 Å². The minimum atomic E-state index is -0.244. The number of carbonyl (C=O) groups is 1. The largest absolute Gasteiger partial charge is 0.299 e. The monoisotopic (exact) mass is 220 g/mol. The Hall–Kier alpha value is -1.18. The molecular weight excluding hydrogens is 203 g/mol. The maximum atomic E-state index is 13.2. The summed E-state index contributed by atoms with van der Waals surface area (Å²) in [6, 6.07) is 4.75. The van der Waals surface area contributed by atoms with Gasteiger partial charge in [0.2, 0.25) is 0 Å². The van der Waals surface area contributed by atoms with E-state index in [9.17, 15) is 9.18 Å². The van der Waals surface area contributed by atoms with E-state index in [0.717, 1.165) is 24.0 Å². The molecule has 0 radical (unpaired) electrons. The summed E-state index contributed by atoms with van der Waals surface area (Å²) in [4.78, 5) is 11.9. The third-order valence-corrected chi connectivity index (χ3v) is 3.57. The van der Waals surface area contributed by atoms with Crippen molar-refractivity contribution in [1.29, 1.82) is 0 Å². The van der Waals surface area contributed by atoms with Gasteiger partial charge in [0.05, 0.1) is 0 Å². The molecule has 0 heterocycles. The first-order valence-corrected chi connectivity index (χ1v) is 5.88. The number of hydrogen-bond acceptors (Lipinski definition) is 1. The average molecular weight is 220 g/mol. The second-order valence-corrected chi connectivity index (χ2v) is 4.81. The normalized spacial score (nSPS) is 25.8. The van der Waals surface area contributed by atoms with E-state index in [1.165, 1.54) is 12.1 Å². The maximum absolute atomic E-state index is 13.2. The molecule has 1 nitrogen and oxygen atoms in total. The van der Waals surface area contributed by atoms with Gasteiger partial charge in [0.15, 0.2) is 0 Å². The topological polar surface area (TPSA) is 17.1 Å². The van der Waals surface area contributed by atoms with E-state index in [1.54, 1.807) is 6.07 Å². The first-order chi connectivity index (χ1) is 7.59. The lowest BCUT2D eigenvalue weighted by Crippen LogP contribution is -2.25. The fourth-order valence-corrected chi connectivity index (χ4v) is 2.66. The molecule has 0 amide bonds. The van der Waals surface area contributed by atoms with E-state index in [4.69, 9.17) is 0 Å². The van der Waals surface area contributed by atoms with Crippen LogP contribution in [0.15, 0.2) is 18.2 Å². The molecule has 2 rings (SSSR count). The van der Waals surface area contributed by atoms with Crippen LogP contribution in [-0.2, 0) is 4.79 Å². The molecule has 0 aliphatic heterocycles. The van der Waals surface area contributed by atoms with E-state index in [0.29, 0.717) is 12.3 Å². The van der Waals surface area contributed by atoms with Gasteiger partial charge >= 0.3 is 0 Å². The van der Waals surface area contributed by atoms with Crippen LogP contribution in [-0.4, -0.2) is 5.78 Å². The van der Waals surface area contributed by atoms with Crippen molar-refractivity contribution in [2.24, 2.45) is 5.92 Å². The minimum absolute atomic E-state index is 0.0931. The van der Waals surface area contributed by atoms with E-state index >= 15 is 0 Å². The summed E-state index contributed by atoms with van der Waals surface area (Å²) in [6.45, 7) is 4.04. The van der Waals surface area contributed by atoms with E-state index < -0.39 is 0 Å². The lowest BCUT2D eigenvalue weighted by molar-refractivity contribution is -0.123. The van der Waals surface area contributed by atoms with Crippen molar-refractivity contribution >= 4 is 5.78 Å². The standard InChI is InChI=1S/C14H17FO/c1-9-6-7-11(15)8-12(9)14-10(2)4-3-5-13(14)16/h6-8,10,14H,3-5H2,1-2H3. The van der Waals surface area contributed by atoms with Gasteiger partial charge in [-0.05, 0) is 48.9 Å².